The number of methoxy groups -OCH3 is 2. The molecule has 0 fully saturated rings. The van der Waals surface area contributed by atoms with E-state index in [1.165, 1.54) is 0 Å². The Morgan fingerprint density at radius 3 is 1.42 bits per heavy atom. The van der Waals surface area contributed by atoms with E-state index in [1.54, 1.807) is 52.6 Å². The van der Waals surface area contributed by atoms with Gasteiger partial charge >= 0.3 is 0 Å². The topological polar surface area (TPSA) is 83.0 Å². The minimum atomic E-state index is 0.117. The monoisotopic (exact) mass is 330 g/mol. The van der Waals surface area contributed by atoms with Crippen molar-refractivity contribution in [2.24, 2.45) is 0 Å². The Hall–Kier alpha value is -3.02. The standard InChI is InChI=1S/C18H22N2O4/c1-19-13-7-11(17(23-3)9-15(13)21)5-6-12-8-14(20-2)16(22)10-18(12)24-4/h5-10,19-22H,1-4H3/b6-5+. The van der Waals surface area contributed by atoms with Gasteiger partial charge in [-0.15, -0.1) is 0 Å². The second kappa shape index (κ2) is 7.50. The molecule has 4 N–H and O–H groups in total. The second-order valence-corrected chi connectivity index (χ2v) is 5.06. The fourth-order valence-electron chi connectivity index (χ4n) is 2.37. The van der Waals surface area contributed by atoms with Crippen molar-refractivity contribution >= 4 is 23.5 Å². The zero-order chi connectivity index (χ0) is 17.7. The molecule has 24 heavy (non-hydrogen) atoms. The highest BCUT2D eigenvalue weighted by Crippen LogP contribution is 2.35. The predicted octanol–water partition coefficient (Wildman–Crippen LogP) is 3.37. The Kier molecular flexibility index (Phi) is 5.42. The molecule has 0 aliphatic carbocycles. The number of phenols is 2. The minimum Gasteiger partial charge on any atom is -0.506 e. The largest absolute Gasteiger partial charge is 0.506 e. The quantitative estimate of drug-likeness (QED) is 0.480. The van der Waals surface area contributed by atoms with Crippen LogP contribution in [-0.4, -0.2) is 38.5 Å². The van der Waals surface area contributed by atoms with E-state index in [-0.39, 0.29) is 11.5 Å². The molecule has 2 rings (SSSR count). The summed E-state index contributed by atoms with van der Waals surface area (Å²) in [6, 6.07) is 6.68. The summed E-state index contributed by atoms with van der Waals surface area (Å²) >= 11 is 0. The van der Waals surface area contributed by atoms with Gasteiger partial charge in [-0.25, -0.2) is 0 Å². The summed E-state index contributed by atoms with van der Waals surface area (Å²) in [6.07, 6.45) is 3.71. The van der Waals surface area contributed by atoms with Gasteiger partial charge in [0.15, 0.2) is 0 Å². The van der Waals surface area contributed by atoms with Crippen LogP contribution in [0, 0.1) is 0 Å². The molecule has 6 nitrogen and oxygen atoms in total. The van der Waals surface area contributed by atoms with Gasteiger partial charge in [0, 0.05) is 37.4 Å². The van der Waals surface area contributed by atoms with Gasteiger partial charge in [0.1, 0.15) is 23.0 Å². The van der Waals surface area contributed by atoms with E-state index in [0.29, 0.717) is 22.9 Å². The number of nitrogens with one attached hydrogen (secondary N) is 2. The molecular formula is C18H22N2O4. The molecule has 0 aromatic heterocycles. The number of hydrogen-bond acceptors (Lipinski definition) is 6. The smallest absolute Gasteiger partial charge is 0.142 e. The van der Waals surface area contributed by atoms with Gasteiger partial charge in [-0.1, -0.05) is 12.2 Å². The van der Waals surface area contributed by atoms with Crippen molar-refractivity contribution in [3.05, 3.63) is 35.4 Å². The van der Waals surface area contributed by atoms with Gasteiger partial charge in [-0.3, -0.25) is 0 Å². The lowest BCUT2D eigenvalue weighted by molar-refractivity contribution is 0.406. The lowest BCUT2D eigenvalue weighted by Gasteiger charge is -2.12. The van der Waals surface area contributed by atoms with E-state index in [0.717, 1.165) is 11.1 Å². The van der Waals surface area contributed by atoms with Gasteiger partial charge in [-0.05, 0) is 12.1 Å². The van der Waals surface area contributed by atoms with Crippen LogP contribution in [0.3, 0.4) is 0 Å². The summed E-state index contributed by atoms with van der Waals surface area (Å²) in [7, 11) is 6.56. The third kappa shape index (κ3) is 3.48. The lowest BCUT2D eigenvalue weighted by Crippen LogP contribution is -1.94. The molecule has 0 spiro atoms. The van der Waals surface area contributed by atoms with Crippen molar-refractivity contribution in [3.8, 4) is 23.0 Å². The molecule has 0 radical (unpaired) electrons. The SMILES string of the molecule is CNc1cc(/C=C/c2cc(NC)c(O)cc2OC)c(OC)cc1O. The first-order chi connectivity index (χ1) is 11.5. The number of phenolic OH excluding ortho intramolecular Hbond substituents is 2. The van der Waals surface area contributed by atoms with Crippen LogP contribution in [0.4, 0.5) is 11.4 Å². The molecule has 2 aromatic rings. The van der Waals surface area contributed by atoms with E-state index in [4.69, 9.17) is 9.47 Å². The first-order valence-corrected chi connectivity index (χ1v) is 7.39. The van der Waals surface area contributed by atoms with E-state index >= 15 is 0 Å². The molecule has 0 aliphatic rings. The van der Waals surface area contributed by atoms with Crippen molar-refractivity contribution in [3.63, 3.8) is 0 Å². The Morgan fingerprint density at radius 2 is 1.12 bits per heavy atom. The van der Waals surface area contributed by atoms with Gasteiger partial charge in [0.05, 0.1) is 25.6 Å². The fourth-order valence-corrected chi connectivity index (χ4v) is 2.37. The first kappa shape index (κ1) is 17.3. The van der Waals surface area contributed by atoms with Crippen LogP contribution in [0.25, 0.3) is 12.2 Å². The van der Waals surface area contributed by atoms with Crippen molar-refractivity contribution in [1.82, 2.24) is 0 Å². The highest BCUT2D eigenvalue weighted by Gasteiger charge is 2.09. The van der Waals surface area contributed by atoms with Gasteiger partial charge in [-0.2, -0.15) is 0 Å². The van der Waals surface area contributed by atoms with Crippen LogP contribution in [0.2, 0.25) is 0 Å². The summed E-state index contributed by atoms with van der Waals surface area (Å²) in [4.78, 5) is 0. The molecule has 0 saturated carbocycles. The maximum atomic E-state index is 9.89. The average molecular weight is 330 g/mol. The van der Waals surface area contributed by atoms with Crippen molar-refractivity contribution in [2.75, 3.05) is 38.9 Å². The van der Waals surface area contributed by atoms with E-state index in [1.807, 2.05) is 12.2 Å². The maximum Gasteiger partial charge on any atom is 0.142 e. The molecule has 0 unspecified atom stereocenters. The maximum absolute atomic E-state index is 9.89. The van der Waals surface area contributed by atoms with Gasteiger partial charge in [0.25, 0.3) is 0 Å². The molecule has 6 heteroatoms. The highest BCUT2D eigenvalue weighted by atomic mass is 16.5. The number of benzene rings is 2. The zero-order valence-electron chi connectivity index (χ0n) is 14.2. The number of rotatable bonds is 6. The highest BCUT2D eigenvalue weighted by molar-refractivity contribution is 5.80. The number of ether oxygens (including phenoxy) is 2. The van der Waals surface area contributed by atoms with Crippen LogP contribution in [0.5, 0.6) is 23.0 Å². The molecule has 0 bridgehead atoms. The summed E-state index contributed by atoms with van der Waals surface area (Å²) in [5, 5.41) is 25.6. The normalized spacial score (nSPS) is 10.7. The molecule has 0 amide bonds. The Balaban J connectivity index is 2.47. The fraction of sp³-hybridized carbons (Fsp3) is 0.222. The average Bonchev–Trinajstić information content (AvgIpc) is 2.60. The predicted molar refractivity (Wildman–Crippen MR) is 97.3 cm³/mol. The zero-order valence-corrected chi connectivity index (χ0v) is 14.2. The summed E-state index contributed by atoms with van der Waals surface area (Å²) in [5.74, 6) is 1.33. The van der Waals surface area contributed by atoms with Gasteiger partial charge < -0.3 is 30.3 Å². The van der Waals surface area contributed by atoms with Crippen LogP contribution in [0.1, 0.15) is 11.1 Å². The Morgan fingerprint density at radius 1 is 0.750 bits per heavy atom. The molecule has 2 aromatic carbocycles. The molecule has 0 heterocycles. The number of anilines is 2. The van der Waals surface area contributed by atoms with Crippen LogP contribution < -0.4 is 20.1 Å². The van der Waals surface area contributed by atoms with E-state index in [9.17, 15) is 10.2 Å². The van der Waals surface area contributed by atoms with Crippen molar-refractivity contribution < 1.29 is 19.7 Å². The third-order valence-corrected chi connectivity index (χ3v) is 3.68. The third-order valence-electron chi connectivity index (χ3n) is 3.68. The van der Waals surface area contributed by atoms with Crippen molar-refractivity contribution in [2.45, 2.75) is 0 Å². The molecule has 0 aliphatic heterocycles. The number of aromatic hydroxyl groups is 2. The Bertz CT molecular complexity index is 694. The van der Waals surface area contributed by atoms with Crippen LogP contribution >= 0.6 is 0 Å². The summed E-state index contributed by atoms with van der Waals surface area (Å²) in [5.41, 5.74) is 2.79. The number of hydrogen-bond donors (Lipinski definition) is 4. The molecule has 128 valence electrons. The Labute approximate surface area is 141 Å². The molecule has 0 saturated heterocycles. The second-order valence-electron chi connectivity index (χ2n) is 5.06. The summed E-state index contributed by atoms with van der Waals surface area (Å²) < 4.78 is 10.6. The molecular weight excluding hydrogens is 308 g/mol. The van der Waals surface area contributed by atoms with E-state index in [2.05, 4.69) is 10.6 Å². The van der Waals surface area contributed by atoms with Gasteiger partial charge in [0.2, 0.25) is 0 Å². The van der Waals surface area contributed by atoms with Crippen LogP contribution in [0.15, 0.2) is 24.3 Å². The summed E-state index contributed by atoms with van der Waals surface area (Å²) in [6.45, 7) is 0. The minimum absolute atomic E-state index is 0.117. The first-order valence-electron chi connectivity index (χ1n) is 7.39. The van der Waals surface area contributed by atoms with Crippen molar-refractivity contribution in [1.29, 1.82) is 0 Å². The lowest BCUT2D eigenvalue weighted by atomic mass is 10.1. The van der Waals surface area contributed by atoms with Crippen LogP contribution in [-0.2, 0) is 0 Å². The van der Waals surface area contributed by atoms with E-state index < -0.39 is 0 Å². The molecule has 0 atom stereocenters.